The molecule has 0 atom stereocenters. The van der Waals surface area contributed by atoms with Crippen LogP contribution in [-0.4, -0.2) is 5.91 Å². The summed E-state index contributed by atoms with van der Waals surface area (Å²) >= 11 is 0. The minimum absolute atomic E-state index is 0.0887. The summed E-state index contributed by atoms with van der Waals surface area (Å²) in [6, 6.07) is 10.4. The Morgan fingerprint density at radius 3 is 2.23 bits per heavy atom. The number of nitrogens with one attached hydrogen (secondary N) is 1. The number of carbonyl (C=O) groups excluding carboxylic acids is 1. The third kappa shape index (κ3) is 4.31. The van der Waals surface area contributed by atoms with Gasteiger partial charge in [0.1, 0.15) is 5.82 Å². The Hall–Kier alpha value is -2.37. The Bertz CT molecular complexity index is 650. The lowest BCUT2D eigenvalue weighted by molar-refractivity contribution is -0.137. The zero-order valence-corrected chi connectivity index (χ0v) is 11.5. The molecule has 0 fully saturated rings. The van der Waals surface area contributed by atoms with Crippen LogP contribution in [0, 0.1) is 5.82 Å². The van der Waals surface area contributed by atoms with Gasteiger partial charge in [-0.05, 0) is 29.3 Å². The van der Waals surface area contributed by atoms with E-state index in [1.807, 2.05) is 0 Å². The standard InChI is InChI=1S/C16H13F4NO/c17-14-4-2-1-3-12(14)9-15(22)21-10-11-5-7-13(8-6-11)16(18,19)20/h1-8H,9-10H2,(H,21,22). The molecule has 22 heavy (non-hydrogen) atoms. The highest BCUT2D eigenvalue weighted by atomic mass is 19.4. The van der Waals surface area contributed by atoms with Crippen molar-refractivity contribution in [2.45, 2.75) is 19.1 Å². The fourth-order valence-electron chi connectivity index (χ4n) is 1.89. The van der Waals surface area contributed by atoms with Crippen LogP contribution in [0.3, 0.4) is 0 Å². The molecular formula is C16H13F4NO. The molecule has 0 aliphatic heterocycles. The predicted molar refractivity (Wildman–Crippen MR) is 73.4 cm³/mol. The first-order valence-corrected chi connectivity index (χ1v) is 6.52. The maximum Gasteiger partial charge on any atom is 0.416 e. The molecular weight excluding hydrogens is 298 g/mol. The molecule has 2 aromatic rings. The third-order valence-corrected chi connectivity index (χ3v) is 3.08. The van der Waals surface area contributed by atoms with Gasteiger partial charge in [0.05, 0.1) is 12.0 Å². The van der Waals surface area contributed by atoms with E-state index in [9.17, 15) is 22.4 Å². The van der Waals surface area contributed by atoms with Gasteiger partial charge < -0.3 is 5.32 Å². The zero-order chi connectivity index (χ0) is 16.2. The van der Waals surface area contributed by atoms with Gasteiger partial charge in [0.2, 0.25) is 5.91 Å². The number of hydrogen-bond donors (Lipinski definition) is 1. The Balaban J connectivity index is 1.90. The molecule has 1 N–H and O–H groups in total. The summed E-state index contributed by atoms with van der Waals surface area (Å²) in [5.41, 5.74) is 0.0660. The normalized spacial score (nSPS) is 11.3. The molecule has 0 aliphatic carbocycles. The first-order valence-electron chi connectivity index (χ1n) is 6.52. The summed E-state index contributed by atoms with van der Waals surface area (Å²) in [4.78, 5) is 11.7. The molecule has 0 saturated heterocycles. The zero-order valence-electron chi connectivity index (χ0n) is 11.5. The second kappa shape index (κ2) is 6.60. The Labute approximate surface area is 124 Å². The van der Waals surface area contributed by atoms with E-state index in [0.29, 0.717) is 5.56 Å². The average Bonchev–Trinajstić information content (AvgIpc) is 2.47. The van der Waals surface area contributed by atoms with Crippen molar-refractivity contribution >= 4 is 5.91 Å². The van der Waals surface area contributed by atoms with Crippen molar-refractivity contribution in [2.24, 2.45) is 0 Å². The van der Waals surface area contributed by atoms with Gasteiger partial charge in [-0.3, -0.25) is 4.79 Å². The van der Waals surface area contributed by atoms with Crippen molar-refractivity contribution in [3.8, 4) is 0 Å². The first-order chi connectivity index (χ1) is 10.4. The van der Waals surface area contributed by atoms with Crippen LogP contribution in [0.15, 0.2) is 48.5 Å². The summed E-state index contributed by atoms with van der Waals surface area (Å²) < 4.78 is 50.6. The minimum atomic E-state index is -4.38. The van der Waals surface area contributed by atoms with E-state index in [1.165, 1.54) is 30.3 Å². The van der Waals surface area contributed by atoms with Crippen LogP contribution >= 0.6 is 0 Å². The van der Waals surface area contributed by atoms with Crippen LogP contribution in [0.4, 0.5) is 17.6 Å². The molecule has 0 heterocycles. The smallest absolute Gasteiger partial charge is 0.352 e. The number of rotatable bonds is 4. The van der Waals surface area contributed by atoms with Crippen LogP contribution in [-0.2, 0) is 23.9 Å². The fraction of sp³-hybridized carbons (Fsp3) is 0.188. The van der Waals surface area contributed by atoms with Gasteiger partial charge >= 0.3 is 6.18 Å². The lowest BCUT2D eigenvalue weighted by atomic mass is 10.1. The van der Waals surface area contributed by atoms with Crippen LogP contribution in [0.25, 0.3) is 0 Å². The number of halogens is 4. The van der Waals surface area contributed by atoms with Gasteiger partial charge in [-0.2, -0.15) is 13.2 Å². The first kappa shape index (κ1) is 16.0. The van der Waals surface area contributed by atoms with E-state index >= 15 is 0 Å². The highest BCUT2D eigenvalue weighted by Gasteiger charge is 2.29. The molecule has 0 unspecified atom stereocenters. The minimum Gasteiger partial charge on any atom is -0.352 e. The molecule has 1 amide bonds. The largest absolute Gasteiger partial charge is 0.416 e. The average molecular weight is 311 g/mol. The molecule has 2 rings (SSSR count). The number of alkyl halides is 3. The summed E-state index contributed by atoms with van der Waals surface area (Å²) in [6.45, 7) is 0.0887. The maximum absolute atomic E-state index is 13.4. The van der Waals surface area contributed by atoms with E-state index < -0.39 is 23.5 Å². The van der Waals surface area contributed by atoms with Crippen LogP contribution < -0.4 is 5.32 Å². The van der Waals surface area contributed by atoms with Crippen LogP contribution in [0.1, 0.15) is 16.7 Å². The van der Waals surface area contributed by atoms with E-state index in [2.05, 4.69) is 5.32 Å². The van der Waals surface area contributed by atoms with E-state index in [-0.39, 0.29) is 18.5 Å². The van der Waals surface area contributed by atoms with Crippen molar-refractivity contribution < 1.29 is 22.4 Å². The lowest BCUT2D eigenvalue weighted by Crippen LogP contribution is -2.25. The SMILES string of the molecule is O=C(Cc1ccccc1F)NCc1ccc(C(F)(F)F)cc1. The van der Waals surface area contributed by atoms with Gasteiger partial charge in [-0.25, -0.2) is 4.39 Å². The summed E-state index contributed by atoms with van der Waals surface area (Å²) in [6.07, 6.45) is -4.50. The summed E-state index contributed by atoms with van der Waals surface area (Å²) in [5, 5.41) is 2.55. The van der Waals surface area contributed by atoms with Gasteiger partial charge in [-0.15, -0.1) is 0 Å². The summed E-state index contributed by atoms with van der Waals surface area (Å²) in [5.74, 6) is -0.864. The van der Waals surface area contributed by atoms with Crippen molar-refractivity contribution in [3.63, 3.8) is 0 Å². The molecule has 116 valence electrons. The highest BCUT2D eigenvalue weighted by Crippen LogP contribution is 2.29. The predicted octanol–water partition coefficient (Wildman–Crippen LogP) is 3.70. The number of carbonyl (C=O) groups is 1. The highest BCUT2D eigenvalue weighted by molar-refractivity contribution is 5.78. The quantitative estimate of drug-likeness (QED) is 0.857. The van der Waals surface area contributed by atoms with E-state index in [0.717, 1.165) is 12.1 Å². The molecule has 0 aromatic heterocycles. The van der Waals surface area contributed by atoms with E-state index in [4.69, 9.17) is 0 Å². The van der Waals surface area contributed by atoms with Gasteiger partial charge in [-0.1, -0.05) is 30.3 Å². The van der Waals surface area contributed by atoms with Crippen LogP contribution in [0.5, 0.6) is 0 Å². The van der Waals surface area contributed by atoms with Gasteiger partial charge in [0.25, 0.3) is 0 Å². The van der Waals surface area contributed by atoms with Crippen molar-refractivity contribution in [1.82, 2.24) is 5.32 Å². The number of hydrogen-bond acceptors (Lipinski definition) is 1. The Kier molecular flexibility index (Phi) is 4.80. The molecule has 0 aliphatic rings. The number of amides is 1. The summed E-state index contributed by atoms with van der Waals surface area (Å²) in [7, 11) is 0. The monoisotopic (exact) mass is 311 g/mol. The van der Waals surface area contributed by atoms with E-state index in [1.54, 1.807) is 6.07 Å². The van der Waals surface area contributed by atoms with Gasteiger partial charge in [0.15, 0.2) is 0 Å². The van der Waals surface area contributed by atoms with Crippen LogP contribution in [0.2, 0.25) is 0 Å². The van der Waals surface area contributed by atoms with Gasteiger partial charge in [0, 0.05) is 6.54 Å². The number of benzene rings is 2. The van der Waals surface area contributed by atoms with Crippen molar-refractivity contribution in [1.29, 1.82) is 0 Å². The molecule has 6 heteroatoms. The van der Waals surface area contributed by atoms with Crippen molar-refractivity contribution in [3.05, 3.63) is 71.0 Å². The topological polar surface area (TPSA) is 29.1 Å². The molecule has 2 nitrogen and oxygen atoms in total. The molecule has 0 radical (unpaired) electrons. The fourth-order valence-corrected chi connectivity index (χ4v) is 1.89. The molecule has 0 saturated carbocycles. The lowest BCUT2D eigenvalue weighted by Gasteiger charge is -2.09. The molecule has 2 aromatic carbocycles. The maximum atomic E-state index is 13.4. The molecule has 0 bridgehead atoms. The van der Waals surface area contributed by atoms with Crippen molar-refractivity contribution in [2.75, 3.05) is 0 Å². The second-order valence-corrected chi connectivity index (χ2v) is 4.74. The molecule has 0 spiro atoms. The third-order valence-electron chi connectivity index (χ3n) is 3.08. The Morgan fingerprint density at radius 2 is 1.64 bits per heavy atom. The Morgan fingerprint density at radius 1 is 1.00 bits per heavy atom. The second-order valence-electron chi connectivity index (χ2n) is 4.74.